The van der Waals surface area contributed by atoms with Crippen LogP contribution in [-0.2, 0) is 0 Å². The van der Waals surface area contributed by atoms with E-state index in [1.807, 2.05) is 20.8 Å². The van der Waals surface area contributed by atoms with Crippen molar-refractivity contribution in [3.63, 3.8) is 0 Å². The smallest absolute Gasteiger partial charge is 0.338 e. The highest BCUT2D eigenvalue weighted by Crippen LogP contribution is 2.10. The summed E-state index contributed by atoms with van der Waals surface area (Å²) in [6.07, 6.45) is 4.23. The lowest BCUT2D eigenvalue weighted by Gasteiger charge is -2.06. The molecular weight excluding hydrogens is 216 g/mol. The Kier molecular flexibility index (Phi) is 5.19. The lowest BCUT2D eigenvalue weighted by Crippen LogP contribution is -2.14. The molecule has 1 heterocycles. The van der Waals surface area contributed by atoms with Crippen LogP contribution in [0.4, 0.5) is 0 Å². The minimum atomic E-state index is -0.307. The van der Waals surface area contributed by atoms with Gasteiger partial charge in [-0.1, -0.05) is 19.8 Å². The van der Waals surface area contributed by atoms with Gasteiger partial charge in [0.2, 0.25) is 0 Å². The summed E-state index contributed by atoms with van der Waals surface area (Å²) in [7, 11) is 0. The number of aryl methyl sites for hydroxylation is 1. The molecule has 0 aliphatic rings. The molecule has 0 aromatic carbocycles. The van der Waals surface area contributed by atoms with Gasteiger partial charge in [-0.2, -0.15) is 0 Å². The van der Waals surface area contributed by atoms with E-state index in [1.165, 1.54) is 0 Å². The van der Waals surface area contributed by atoms with Gasteiger partial charge < -0.3 is 4.52 Å². The van der Waals surface area contributed by atoms with Gasteiger partial charge in [-0.05, 0) is 33.6 Å². The number of nitrogens with zero attached hydrogens (tertiary/aromatic N) is 1. The fraction of sp³-hybridized carbons (Fsp3) is 0.692. The fourth-order valence-corrected chi connectivity index (χ4v) is 1.82. The molecule has 0 amide bonds. The second-order valence-electron chi connectivity index (χ2n) is 4.62. The number of rotatable bonds is 6. The zero-order valence-electron chi connectivity index (χ0n) is 11.2. The molecule has 0 unspecified atom stereocenters. The molecule has 4 heteroatoms. The van der Waals surface area contributed by atoms with E-state index in [9.17, 15) is 4.79 Å². The standard InChI is InChI=1S/C13H22N2O2/c1-5-6-7-8-11(14-9(2)3)12-10(4)15-17-13(12)16/h9,15H,5-8H2,1-4H3. The summed E-state index contributed by atoms with van der Waals surface area (Å²) < 4.78 is 4.80. The highest BCUT2D eigenvalue weighted by Gasteiger charge is 2.15. The van der Waals surface area contributed by atoms with Gasteiger partial charge in [-0.15, -0.1) is 0 Å². The molecule has 0 aliphatic carbocycles. The maximum absolute atomic E-state index is 11.6. The summed E-state index contributed by atoms with van der Waals surface area (Å²) in [5, 5.41) is 2.61. The van der Waals surface area contributed by atoms with Crippen LogP contribution < -0.4 is 5.63 Å². The minimum absolute atomic E-state index is 0.195. The van der Waals surface area contributed by atoms with Crippen LogP contribution in [0.3, 0.4) is 0 Å². The quantitative estimate of drug-likeness (QED) is 0.611. The van der Waals surface area contributed by atoms with Crippen molar-refractivity contribution in [1.82, 2.24) is 5.16 Å². The summed E-state index contributed by atoms with van der Waals surface area (Å²) in [4.78, 5) is 16.2. The minimum Gasteiger partial charge on any atom is -0.338 e. The van der Waals surface area contributed by atoms with Gasteiger partial charge in [-0.25, -0.2) is 9.95 Å². The molecule has 96 valence electrons. The third-order valence-corrected chi connectivity index (χ3v) is 2.60. The van der Waals surface area contributed by atoms with E-state index in [1.54, 1.807) is 0 Å². The molecule has 0 aliphatic heterocycles. The van der Waals surface area contributed by atoms with Crippen molar-refractivity contribution in [2.24, 2.45) is 4.99 Å². The number of nitrogens with one attached hydrogen (secondary N) is 1. The SMILES string of the molecule is CCCCCC(=NC(C)C)c1c(C)[nH]oc1=O. The Bertz CT molecular complexity index is 427. The number of H-pyrrole nitrogens is 1. The maximum atomic E-state index is 11.6. The van der Waals surface area contributed by atoms with Crippen molar-refractivity contribution >= 4 is 5.71 Å². The number of unbranched alkanes of at least 4 members (excludes halogenated alkanes) is 2. The molecule has 0 saturated heterocycles. The number of hydrogen-bond acceptors (Lipinski definition) is 3. The molecule has 0 fully saturated rings. The van der Waals surface area contributed by atoms with E-state index < -0.39 is 0 Å². The molecule has 1 N–H and O–H groups in total. The summed E-state index contributed by atoms with van der Waals surface area (Å²) in [6.45, 7) is 8.04. The van der Waals surface area contributed by atoms with Gasteiger partial charge in [-0.3, -0.25) is 4.99 Å². The fourth-order valence-electron chi connectivity index (χ4n) is 1.82. The molecule has 0 atom stereocenters. The van der Waals surface area contributed by atoms with Crippen molar-refractivity contribution in [3.05, 3.63) is 21.7 Å². The first kappa shape index (κ1) is 13.7. The van der Waals surface area contributed by atoms with Crippen LogP contribution >= 0.6 is 0 Å². The van der Waals surface area contributed by atoms with Crippen LogP contribution in [0, 0.1) is 6.92 Å². The third-order valence-electron chi connectivity index (χ3n) is 2.60. The molecule has 17 heavy (non-hydrogen) atoms. The normalized spacial score (nSPS) is 12.4. The first-order chi connectivity index (χ1) is 8.06. The molecule has 0 spiro atoms. The molecule has 0 saturated carbocycles. The van der Waals surface area contributed by atoms with E-state index in [0.717, 1.165) is 37.1 Å². The monoisotopic (exact) mass is 238 g/mol. The predicted octanol–water partition coefficient (Wildman–Crippen LogP) is 3.05. The van der Waals surface area contributed by atoms with Crippen LogP contribution in [0.2, 0.25) is 0 Å². The lowest BCUT2D eigenvalue weighted by molar-refractivity contribution is 0.387. The highest BCUT2D eigenvalue weighted by molar-refractivity contribution is 6.01. The predicted molar refractivity (Wildman–Crippen MR) is 69.9 cm³/mol. The first-order valence-electron chi connectivity index (χ1n) is 6.31. The van der Waals surface area contributed by atoms with E-state index in [0.29, 0.717) is 5.56 Å². The number of aliphatic imine (C=N–C) groups is 1. The molecular formula is C13H22N2O2. The summed E-state index contributed by atoms with van der Waals surface area (Å²) >= 11 is 0. The zero-order chi connectivity index (χ0) is 12.8. The van der Waals surface area contributed by atoms with Crippen molar-refractivity contribution in [3.8, 4) is 0 Å². The Morgan fingerprint density at radius 1 is 1.41 bits per heavy atom. The topological polar surface area (TPSA) is 58.4 Å². The van der Waals surface area contributed by atoms with Crippen LogP contribution in [0.5, 0.6) is 0 Å². The van der Waals surface area contributed by atoms with Crippen LogP contribution in [0.25, 0.3) is 0 Å². The molecule has 1 rings (SSSR count). The second-order valence-corrected chi connectivity index (χ2v) is 4.62. The van der Waals surface area contributed by atoms with Crippen LogP contribution in [0.15, 0.2) is 14.3 Å². The Balaban J connectivity index is 2.95. The second kappa shape index (κ2) is 6.42. The van der Waals surface area contributed by atoms with E-state index >= 15 is 0 Å². The van der Waals surface area contributed by atoms with Gasteiger partial charge in [0.05, 0.1) is 11.4 Å². The Morgan fingerprint density at radius 2 is 2.12 bits per heavy atom. The average molecular weight is 238 g/mol. The third kappa shape index (κ3) is 3.88. The van der Waals surface area contributed by atoms with Crippen LogP contribution in [-0.4, -0.2) is 16.9 Å². The number of hydrogen-bond donors (Lipinski definition) is 1. The van der Waals surface area contributed by atoms with Gasteiger partial charge in [0, 0.05) is 6.04 Å². The first-order valence-corrected chi connectivity index (χ1v) is 6.31. The van der Waals surface area contributed by atoms with E-state index in [-0.39, 0.29) is 11.7 Å². The van der Waals surface area contributed by atoms with Gasteiger partial charge in [0.15, 0.2) is 0 Å². The largest absolute Gasteiger partial charge is 0.366 e. The Labute approximate surface area is 102 Å². The average Bonchev–Trinajstić information content (AvgIpc) is 2.57. The zero-order valence-corrected chi connectivity index (χ0v) is 11.2. The molecule has 1 aromatic rings. The summed E-state index contributed by atoms with van der Waals surface area (Å²) in [5.41, 5.74) is 1.96. The van der Waals surface area contributed by atoms with Gasteiger partial charge in [0.25, 0.3) is 0 Å². The van der Waals surface area contributed by atoms with Crippen molar-refractivity contribution in [1.29, 1.82) is 0 Å². The number of aromatic amines is 1. The van der Waals surface area contributed by atoms with Gasteiger partial charge >= 0.3 is 5.63 Å². The van der Waals surface area contributed by atoms with Crippen molar-refractivity contribution in [2.45, 2.75) is 59.4 Å². The molecule has 0 radical (unpaired) electrons. The number of aromatic nitrogens is 1. The van der Waals surface area contributed by atoms with Crippen LogP contribution in [0.1, 0.15) is 57.7 Å². The maximum Gasteiger partial charge on any atom is 0.366 e. The van der Waals surface area contributed by atoms with E-state index in [4.69, 9.17) is 4.52 Å². The Hall–Kier alpha value is -1.32. The molecule has 4 nitrogen and oxygen atoms in total. The highest BCUT2D eigenvalue weighted by atomic mass is 16.5. The van der Waals surface area contributed by atoms with Crippen molar-refractivity contribution in [2.75, 3.05) is 0 Å². The van der Waals surface area contributed by atoms with Gasteiger partial charge in [0.1, 0.15) is 5.56 Å². The lowest BCUT2D eigenvalue weighted by atomic mass is 10.0. The molecule has 0 bridgehead atoms. The van der Waals surface area contributed by atoms with Crippen molar-refractivity contribution < 1.29 is 4.52 Å². The Morgan fingerprint density at radius 3 is 2.59 bits per heavy atom. The van der Waals surface area contributed by atoms with E-state index in [2.05, 4.69) is 17.1 Å². The molecule has 1 aromatic heterocycles. The summed E-state index contributed by atoms with van der Waals surface area (Å²) in [6, 6.07) is 0.195. The summed E-state index contributed by atoms with van der Waals surface area (Å²) in [5.74, 6) is 0.